The van der Waals surface area contributed by atoms with Crippen molar-refractivity contribution in [3.8, 4) is 5.69 Å². The van der Waals surface area contributed by atoms with Crippen molar-refractivity contribution >= 4 is 5.78 Å². The molecule has 0 aliphatic carbocycles. The molecule has 0 aliphatic rings. The molecule has 1 N–H and O–H groups in total. The topological polar surface area (TPSA) is 55.1 Å². The van der Waals surface area contributed by atoms with Gasteiger partial charge in [0, 0.05) is 24.8 Å². The Kier molecular flexibility index (Phi) is 3.89. The fourth-order valence-corrected chi connectivity index (χ4v) is 1.79. The summed E-state index contributed by atoms with van der Waals surface area (Å²) in [6.45, 7) is 1.96. The first-order valence-electron chi connectivity index (χ1n) is 6.02. The summed E-state index contributed by atoms with van der Waals surface area (Å²) in [6.07, 6.45) is 4.68. The molecule has 18 heavy (non-hydrogen) atoms. The molecule has 0 amide bonds. The summed E-state index contributed by atoms with van der Waals surface area (Å²) in [5.74, 6) is 0.125. The number of aromatic nitrogens is 2. The number of rotatable bonds is 5. The van der Waals surface area contributed by atoms with Gasteiger partial charge < -0.3 is 5.11 Å². The lowest BCUT2D eigenvalue weighted by Crippen LogP contribution is -2.00. The molecule has 4 heteroatoms. The van der Waals surface area contributed by atoms with Gasteiger partial charge in [-0.1, -0.05) is 19.1 Å². The summed E-state index contributed by atoms with van der Waals surface area (Å²) in [5, 5.41) is 13.1. The van der Waals surface area contributed by atoms with Crippen LogP contribution < -0.4 is 0 Å². The largest absolute Gasteiger partial charge is 0.396 e. The maximum absolute atomic E-state index is 11.6. The van der Waals surface area contributed by atoms with E-state index in [4.69, 9.17) is 5.11 Å². The van der Waals surface area contributed by atoms with Crippen LogP contribution in [0.25, 0.3) is 5.69 Å². The van der Waals surface area contributed by atoms with E-state index in [2.05, 4.69) is 5.10 Å². The highest BCUT2D eigenvalue weighted by molar-refractivity contribution is 5.96. The lowest BCUT2D eigenvalue weighted by Gasteiger charge is -2.03. The van der Waals surface area contributed by atoms with Gasteiger partial charge in [-0.25, -0.2) is 4.68 Å². The van der Waals surface area contributed by atoms with E-state index in [-0.39, 0.29) is 12.4 Å². The molecule has 1 aromatic carbocycles. The van der Waals surface area contributed by atoms with Crippen molar-refractivity contribution in [1.82, 2.24) is 9.78 Å². The average molecular weight is 244 g/mol. The quantitative estimate of drug-likeness (QED) is 0.818. The van der Waals surface area contributed by atoms with E-state index in [1.54, 1.807) is 10.9 Å². The van der Waals surface area contributed by atoms with E-state index < -0.39 is 0 Å². The Balaban J connectivity index is 2.29. The van der Waals surface area contributed by atoms with Crippen LogP contribution in [0, 0.1) is 0 Å². The van der Waals surface area contributed by atoms with Crippen molar-refractivity contribution in [2.45, 2.75) is 19.8 Å². The third-order valence-corrected chi connectivity index (χ3v) is 2.79. The lowest BCUT2D eigenvalue weighted by molar-refractivity contribution is 0.0988. The number of hydrogen-bond acceptors (Lipinski definition) is 3. The number of aliphatic hydroxyl groups excluding tert-OH is 1. The van der Waals surface area contributed by atoms with E-state index in [0.717, 1.165) is 11.3 Å². The molecule has 1 heterocycles. The predicted octanol–water partition coefficient (Wildman–Crippen LogP) is 2.00. The molecular formula is C14H16N2O2. The molecular weight excluding hydrogens is 228 g/mol. The van der Waals surface area contributed by atoms with Crippen LogP contribution in [0.15, 0.2) is 36.7 Å². The van der Waals surface area contributed by atoms with Crippen LogP contribution in [-0.2, 0) is 6.42 Å². The molecule has 0 atom stereocenters. The highest BCUT2D eigenvalue weighted by Gasteiger charge is 2.06. The van der Waals surface area contributed by atoms with Gasteiger partial charge in [-0.2, -0.15) is 5.10 Å². The molecule has 0 spiro atoms. The fraction of sp³-hybridized carbons (Fsp3) is 0.286. The van der Waals surface area contributed by atoms with Gasteiger partial charge in [0.1, 0.15) is 0 Å². The molecule has 0 aliphatic heterocycles. The predicted molar refractivity (Wildman–Crippen MR) is 69.0 cm³/mol. The minimum atomic E-state index is 0.111. The molecule has 0 radical (unpaired) electrons. The first-order chi connectivity index (χ1) is 8.74. The van der Waals surface area contributed by atoms with Gasteiger partial charge in [-0.05, 0) is 24.1 Å². The molecule has 0 bridgehead atoms. The zero-order valence-electron chi connectivity index (χ0n) is 10.3. The maximum atomic E-state index is 11.6. The zero-order valence-corrected chi connectivity index (χ0v) is 10.3. The van der Waals surface area contributed by atoms with Gasteiger partial charge in [0.05, 0.1) is 11.9 Å². The molecule has 0 fully saturated rings. The van der Waals surface area contributed by atoms with E-state index in [1.807, 2.05) is 37.4 Å². The Morgan fingerprint density at radius 2 is 2.28 bits per heavy atom. The summed E-state index contributed by atoms with van der Waals surface area (Å²) >= 11 is 0. The van der Waals surface area contributed by atoms with Crippen molar-refractivity contribution in [1.29, 1.82) is 0 Å². The molecule has 0 saturated heterocycles. The van der Waals surface area contributed by atoms with Gasteiger partial charge >= 0.3 is 0 Å². The minimum Gasteiger partial charge on any atom is -0.396 e. The number of nitrogens with zero attached hydrogens (tertiary/aromatic N) is 2. The maximum Gasteiger partial charge on any atom is 0.162 e. The Hall–Kier alpha value is -1.94. The molecule has 2 aromatic rings. The van der Waals surface area contributed by atoms with Crippen molar-refractivity contribution in [2.24, 2.45) is 0 Å². The molecule has 4 nitrogen and oxygen atoms in total. The molecule has 1 aromatic heterocycles. The molecule has 0 unspecified atom stereocenters. The summed E-state index contributed by atoms with van der Waals surface area (Å²) in [5.41, 5.74) is 2.54. The first kappa shape index (κ1) is 12.5. The van der Waals surface area contributed by atoms with Crippen LogP contribution in [0.5, 0.6) is 0 Å². The number of aliphatic hydroxyl groups is 1. The highest BCUT2D eigenvalue weighted by atomic mass is 16.3. The number of carbonyl (C=O) groups is 1. The second-order valence-electron chi connectivity index (χ2n) is 4.09. The van der Waals surface area contributed by atoms with E-state index in [1.165, 1.54) is 0 Å². The lowest BCUT2D eigenvalue weighted by atomic mass is 10.1. The van der Waals surface area contributed by atoms with E-state index >= 15 is 0 Å². The molecule has 0 saturated carbocycles. The van der Waals surface area contributed by atoms with Gasteiger partial charge in [-0.3, -0.25) is 4.79 Å². The monoisotopic (exact) mass is 244 g/mol. The third kappa shape index (κ3) is 2.65. The van der Waals surface area contributed by atoms with E-state index in [9.17, 15) is 4.79 Å². The van der Waals surface area contributed by atoms with Crippen molar-refractivity contribution < 1.29 is 9.90 Å². The Morgan fingerprint density at radius 1 is 1.44 bits per heavy atom. The van der Waals surface area contributed by atoms with Crippen molar-refractivity contribution in [2.75, 3.05) is 6.61 Å². The van der Waals surface area contributed by atoms with Gasteiger partial charge in [0.15, 0.2) is 5.78 Å². The number of ketones is 1. The second-order valence-corrected chi connectivity index (χ2v) is 4.09. The van der Waals surface area contributed by atoms with E-state index in [0.29, 0.717) is 18.4 Å². The van der Waals surface area contributed by atoms with Gasteiger partial charge in [-0.15, -0.1) is 0 Å². The second kappa shape index (κ2) is 5.60. The van der Waals surface area contributed by atoms with Crippen LogP contribution in [0.2, 0.25) is 0 Å². The molecule has 94 valence electrons. The van der Waals surface area contributed by atoms with Gasteiger partial charge in [0.2, 0.25) is 0 Å². The number of carbonyl (C=O) groups excluding carboxylic acids is 1. The first-order valence-corrected chi connectivity index (χ1v) is 6.02. The Bertz CT molecular complexity index is 546. The Morgan fingerprint density at radius 3 is 3.00 bits per heavy atom. The zero-order chi connectivity index (χ0) is 13.0. The minimum absolute atomic E-state index is 0.111. The number of Topliss-reactive ketones (excluding diaryl/α,β-unsaturated/α-hetero) is 1. The third-order valence-electron chi connectivity index (χ3n) is 2.79. The van der Waals surface area contributed by atoms with Crippen molar-refractivity contribution in [3.05, 3.63) is 47.8 Å². The normalized spacial score (nSPS) is 10.6. The average Bonchev–Trinajstić information content (AvgIpc) is 2.87. The van der Waals surface area contributed by atoms with Crippen LogP contribution in [-0.4, -0.2) is 27.3 Å². The van der Waals surface area contributed by atoms with Crippen LogP contribution in [0.1, 0.15) is 29.3 Å². The SMILES string of the molecule is CCC(=O)c1cccc(-n2cc(CCO)cn2)c1. The van der Waals surface area contributed by atoms with Gasteiger partial charge in [0.25, 0.3) is 0 Å². The fourth-order valence-electron chi connectivity index (χ4n) is 1.79. The summed E-state index contributed by atoms with van der Waals surface area (Å²) < 4.78 is 1.72. The number of hydrogen-bond donors (Lipinski definition) is 1. The molecule has 2 rings (SSSR count). The van der Waals surface area contributed by atoms with Crippen LogP contribution >= 0.6 is 0 Å². The van der Waals surface area contributed by atoms with Crippen molar-refractivity contribution in [3.63, 3.8) is 0 Å². The summed E-state index contributed by atoms with van der Waals surface area (Å²) in [7, 11) is 0. The highest BCUT2D eigenvalue weighted by Crippen LogP contribution is 2.12. The standard InChI is InChI=1S/C14H16N2O2/c1-2-14(18)12-4-3-5-13(8-12)16-10-11(6-7-17)9-15-16/h3-5,8-10,17H,2,6-7H2,1H3. The summed E-state index contributed by atoms with van der Waals surface area (Å²) in [4.78, 5) is 11.6. The Labute approximate surface area is 106 Å². The number of benzene rings is 1. The van der Waals surface area contributed by atoms with Crippen LogP contribution in [0.3, 0.4) is 0 Å². The van der Waals surface area contributed by atoms with Crippen LogP contribution in [0.4, 0.5) is 0 Å². The summed E-state index contributed by atoms with van der Waals surface area (Å²) in [6, 6.07) is 7.41. The smallest absolute Gasteiger partial charge is 0.162 e.